The normalized spacial score (nSPS) is 10.1. The molecule has 0 bridgehead atoms. The molecule has 2 aromatic rings. The van der Waals surface area contributed by atoms with Crippen molar-refractivity contribution in [3.05, 3.63) is 33.8 Å². The van der Waals surface area contributed by atoms with Crippen molar-refractivity contribution >= 4 is 38.5 Å². The van der Waals surface area contributed by atoms with Crippen LogP contribution in [0.4, 0.5) is 5.13 Å². The van der Waals surface area contributed by atoms with Gasteiger partial charge in [-0.25, -0.2) is 0 Å². The summed E-state index contributed by atoms with van der Waals surface area (Å²) in [4.78, 5) is 11.8. The van der Waals surface area contributed by atoms with Gasteiger partial charge in [0.05, 0.1) is 5.56 Å². The summed E-state index contributed by atoms with van der Waals surface area (Å²) in [7, 11) is 0. The highest BCUT2D eigenvalue weighted by atomic mass is 79.9. The maximum atomic E-state index is 11.8. The van der Waals surface area contributed by atoms with Gasteiger partial charge in [0, 0.05) is 16.0 Å². The molecule has 0 radical (unpaired) electrons. The van der Waals surface area contributed by atoms with Crippen LogP contribution in [0.2, 0.25) is 0 Å². The number of rotatable bonds is 2. The van der Waals surface area contributed by atoms with Gasteiger partial charge < -0.3 is 0 Å². The van der Waals surface area contributed by atoms with E-state index in [2.05, 4.69) is 36.0 Å². The van der Waals surface area contributed by atoms with Crippen molar-refractivity contribution in [2.45, 2.75) is 6.92 Å². The van der Waals surface area contributed by atoms with Crippen LogP contribution in [-0.2, 0) is 0 Å². The average Bonchev–Trinajstić information content (AvgIpc) is 2.70. The lowest BCUT2D eigenvalue weighted by Gasteiger charge is -2.04. The maximum absolute atomic E-state index is 11.8. The van der Waals surface area contributed by atoms with Crippen LogP contribution in [0, 0.1) is 6.92 Å². The lowest BCUT2D eigenvalue weighted by atomic mass is 10.1. The summed E-state index contributed by atoms with van der Waals surface area (Å²) in [6.07, 6.45) is 0. The molecule has 5 nitrogen and oxygen atoms in total. The molecule has 0 aliphatic carbocycles. The van der Waals surface area contributed by atoms with E-state index in [4.69, 9.17) is 0 Å². The van der Waals surface area contributed by atoms with Crippen LogP contribution in [0.5, 0.6) is 0 Å². The minimum Gasteiger partial charge on any atom is -0.295 e. The van der Waals surface area contributed by atoms with Gasteiger partial charge in [-0.15, -0.1) is 0 Å². The highest BCUT2D eigenvalue weighted by molar-refractivity contribution is 9.10. The van der Waals surface area contributed by atoms with Gasteiger partial charge in [0.2, 0.25) is 5.13 Å². The van der Waals surface area contributed by atoms with Crippen LogP contribution in [0.1, 0.15) is 15.9 Å². The number of carbonyl (C=O) groups is 1. The zero-order valence-electron chi connectivity index (χ0n) is 8.27. The van der Waals surface area contributed by atoms with Gasteiger partial charge in [-0.05, 0) is 45.8 Å². The smallest absolute Gasteiger partial charge is 0.258 e. The minimum absolute atomic E-state index is 0.231. The largest absolute Gasteiger partial charge is 0.295 e. The first-order valence-electron chi connectivity index (χ1n) is 4.39. The molecule has 0 spiro atoms. The van der Waals surface area contributed by atoms with Crippen molar-refractivity contribution in [3.63, 3.8) is 0 Å². The molecule has 16 heavy (non-hydrogen) atoms. The predicted octanol–water partition coefficient (Wildman–Crippen LogP) is 2.26. The molecule has 1 heterocycles. The summed E-state index contributed by atoms with van der Waals surface area (Å²) in [6.45, 7) is 1.96. The quantitative estimate of drug-likeness (QED) is 0.923. The molecule has 0 aliphatic rings. The second-order valence-corrected chi connectivity index (χ2v) is 4.69. The number of nitrogens with zero attached hydrogens (tertiary/aromatic N) is 3. The summed E-state index contributed by atoms with van der Waals surface area (Å²) >= 11 is 4.38. The van der Waals surface area contributed by atoms with E-state index in [-0.39, 0.29) is 5.91 Å². The summed E-state index contributed by atoms with van der Waals surface area (Å²) in [6, 6.07) is 5.51. The molecule has 0 saturated heterocycles. The van der Waals surface area contributed by atoms with E-state index in [0.717, 1.165) is 21.6 Å². The van der Waals surface area contributed by atoms with Crippen molar-refractivity contribution < 1.29 is 4.79 Å². The Morgan fingerprint density at radius 1 is 1.50 bits per heavy atom. The van der Waals surface area contributed by atoms with Crippen LogP contribution in [-0.4, -0.2) is 20.7 Å². The summed E-state index contributed by atoms with van der Waals surface area (Å²) in [5.41, 5.74) is 1.64. The fraction of sp³-hybridized carbons (Fsp3) is 0.111. The number of anilines is 1. The third-order valence-corrected chi connectivity index (χ3v) is 3.06. The number of halogens is 1. The number of hydrogen-bond acceptors (Lipinski definition) is 5. The minimum atomic E-state index is -0.231. The van der Waals surface area contributed by atoms with Gasteiger partial charge in [0.25, 0.3) is 5.91 Å². The van der Waals surface area contributed by atoms with E-state index < -0.39 is 0 Å². The second-order valence-electron chi connectivity index (χ2n) is 3.10. The Hall–Kier alpha value is -1.34. The number of carbonyl (C=O) groups excluding carboxylic acids is 1. The van der Waals surface area contributed by atoms with Crippen LogP contribution >= 0.6 is 27.5 Å². The van der Waals surface area contributed by atoms with Crippen molar-refractivity contribution in [2.75, 3.05) is 5.32 Å². The van der Waals surface area contributed by atoms with Crippen LogP contribution in [0.15, 0.2) is 22.7 Å². The number of aromatic nitrogens is 3. The Labute approximate surface area is 104 Å². The van der Waals surface area contributed by atoms with Crippen molar-refractivity contribution in [1.29, 1.82) is 0 Å². The number of amides is 1. The molecular formula is C9H7BrN4OS. The maximum Gasteiger partial charge on any atom is 0.258 e. The Kier molecular flexibility index (Phi) is 3.25. The zero-order chi connectivity index (χ0) is 11.5. The molecule has 7 heteroatoms. The average molecular weight is 299 g/mol. The highest BCUT2D eigenvalue weighted by Gasteiger charge is 2.11. The number of aryl methyl sites for hydroxylation is 1. The van der Waals surface area contributed by atoms with E-state index >= 15 is 0 Å². The molecular weight excluding hydrogens is 292 g/mol. The van der Waals surface area contributed by atoms with Gasteiger partial charge in [-0.3, -0.25) is 10.1 Å². The van der Waals surface area contributed by atoms with E-state index in [0.29, 0.717) is 10.7 Å². The monoisotopic (exact) mass is 298 g/mol. The van der Waals surface area contributed by atoms with Crippen molar-refractivity contribution in [2.24, 2.45) is 0 Å². The third kappa shape index (κ3) is 2.42. The molecule has 1 N–H and O–H groups in total. The highest BCUT2D eigenvalue weighted by Crippen LogP contribution is 2.19. The molecule has 0 atom stereocenters. The summed E-state index contributed by atoms with van der Waals surface area (Å²) in [5.74, 6) is -0.231. The zero-order valence-corrected chi connectivity index (χ0v) is 10.7. The molecule has 1 aromatic carbocycles. The van der Waals surface area contributed by atoms with Crippen LogP contribution < -0.4 is 5.32 Å². The van der Waals surface area contributed by atoms with Crippen LogP contribution in [0.25, 0.3) is 0 Å². The number of hydrogen-bond donors (Lipinski definition) is 1. The molecule has 0 fully saturated rings. The van der Waals surface area contributed by atoms with Gasteiger partial charge in [-0.1, -0.05) is 15.7 Å². The Bertz CT molecular complexity index is 514. The summed E-state index contributed by atoms with van der Waals surface area (Å²) < 4.78 is 4.31. The SMILES string of the molecule is Cc1ccc(C(=O)Nc2nnns2)c(Br)c1. The van der Waals surface area contributed by atoms with E-state index in [1.165, 1.54) is 0 Å². The van der Waals surface area contributed by atoms with Crippen molar-refractivity contribution in [1.82, 2.24) is 14.8 Å². The first-order chi connectivity index (χ1) is 7.66. The Morgan fingerprint density at radius 3 is 2.94 bits per heavy atom. The fourth-order valence-electron chi connectivity index (χ4n) is 1.15. The van der Waals surface area contributed by atoms with E-state index in [1.54, 1.807) is 6.07 Å². The number of benzene rings is 1. The predicted molar refractivity (Wildman–Crippen MR) is 64.5 cm³/mol. The fourth-order valence-corrected chi connectivity index (χ4v) is 2.19. The van der Waals surface area contributed by atoms with Crippen molar-refractivity contribution in [3.8, 4) is 0 Å². The third-order valence-electron chi connectivity index (χ3n) is 1.89. The molecule has 2 rings (SSSR count). The second kappa shape index (κ2) is 4.67. The van der Waals surface area contributed by atoms with E-state index in [1.807, 2.05) is 19.1 Å². The summed E-state index contributed by atoms with van der Waals surface area (Å²) in [5, 5.41) is 10.0. The molecule has 0 unspecified atom stereocenters. The molecule has 1 aromatic heterocycles. The Balaban J connectivity index is 2.21. The Morgan fingerprint density at radius 2 is 2.31 bits per heavy atom. The molecule has 1 amide bonds. The first kappa shape index (κ1) is 11.2. The lowest BCUT2D eigenvalue weighted by Crippen LogP contribution is -2.12. The lowest BCUT2D eigenvalue weighted by molar-refractivity contribution is 0.102. The van der Waals surface area contributed by atoms with Gasteiger partial charge >= 0.3 is 0 Å². The molecule has 0 aliphatic heterocycles. The molecule has 82 valence electrons. The number of nitrogens with one attached hydrogen (secondary N) is 1. The van der Waals surface area contributed by atoms with Gasteiger partial charge in [0.1, 0.15) is 0 Å². The molecule has 0 saturated carbocycles. The van der Waals surface area contributed by atoms with Crippen LogP contribution in [0.3, 0.4) is 0 Å². The van der Waals surface area contributed by atoms with Gasteiger partial charge in [-0.2, -0.15) is 0 Å². The van der Waals surface area contributed by atoms with Gasteiger partial charge in [0.15, 0.2) is 0 Å². The van der Waals surface area contributed by atoms with E-state index in [9.17, 15) is 4.79 Å². The standard InChI is InChI=1S/C9H7BrN4OS/c1-5-2-3-6(7(10)4-5)8(15)11-9-12-13-14-16-9/h2-4H,1H3,(H,11,12,14,15). The topological polar surface area (TPSA) is 67.8 Å². The first-order valence-corrected chi connectivity index (χ1v) is 5.96.